The topological polar surface area (TPSA) is 93.0 Å². The number of benzene rings is 1. The van der Waals surface area contributed by atoms with Gasteiger partial charge in [-0.25, -0.2) is 4.90 Å². The van der Waals surface area contributed by atoms with Crippen molar-refractivity contribution in [1.82, 2.24) is 4.90 Å². The lowest BCUT2D eigenvalue weighted by Crippen LogP contribution is -2.47. The molecular formula is C14H15N3O5. The van der Waals surface area contributed by atoms with Crippen molar-refractivity contribution in [3.8, 4) is 0 Å². The summed E-state index contributed by atoms with van der Waals surface area (Å²) in [5.74, 6) is -0.808. The molecule has 8 nitrogen and oxygen atoms in total. The maximum Gasteiger partial charge on any atom is 0.293 e. The quantitative estimate of drug-likeness (QED) is 0.460. The fourth-order valence-corrected chi connectivity index (χ4v) is 2.85. The zero-order valence-corrected chi connectivity index (χ0v) is 11.8. The van der Waals surface area contributed by atoms with E-state index in [0.717, 1.165) is 4.90 Å². The second kappa shape index (κ2) is 5.82. The number of morpholine rings is 1. The highest BCUT2D eigenvalue weighted by Gasteiger charge is 2.44. The fraction of sp³-hybridized carbons (Fsp3) is 0.429. The van der Waals surface area contributed by atoms with Crippen LogP contribution in [0.1, 0.15) is 6.42 Å². The molecule has 0 aliphatic carbocycles. The summed E-state index contributed by atoms with van der Waals surface area (Å²) in [7, 11) is 0. The Kier molecular flexibility index (Phi) is 3.86. The highest BCUT2D eigenvalue weighted by Crippen LogP contribution is 2.33. The zero-order chi connectivity index (χ0) is 15.7. The van der Waals surface area contributed by atoms with Gasteiger partial charge in [0.05, 0.1) is 30.6 Å². The van der Waals surface area contributed by atoms with Gasteiger partial charge in [0, 0.05) is 19.2 Å². The van der Waals surface area contributed by atoms with Crippen molar-refractivity contribution >= 4 is 23.2 Å². The molecule has 0 aromatic heterocycles. The van der Waals surface area contributed by atoms with Gasteiger partial charge in [0.2, 0.25) is 5.91 Å². The average molecular weight is 305 g/mol. The molecule has 2 heterocycles. The zero-order valence-electron chi connectivity index (χ0n) is 11.8. The van der Waals surface area contributed by atoms with Gasteiger partial charge in [-0.05, 0) is 6.07 Å². The highest BCUT2D eigenvalue weighted by molar-refractivity contribution is 6.23. The lowest BCUT2D eigenvalue weighted by molar-refractivity contribution is -0.384. The molecule has 22 heavy (non-hydrogen) atoms. The van der Waals surface area contributed by atoms with Gasteiger partial charge in [-0.15, -0.1) is 0 Å². The Balaban J connectivity index is 1.90. The number of carbonyl (C=O) groups is 2. The van der Waals surface area contributed by atoms with Crippen molar-refractivity contribution in [2.45, 2.75) is 12.5 Å². The van der Waals surface area contributed by atoms with Crippen LogP contribution in [0.15, 0.2) is 24.3 Å². The van der Waals surface area contributed by atoms with E-state index in [-0.39, 0.29) is 17.8 Å². The number of rotatable bonds is 3. The average Bonchev–Trinajstić information content (AvgIpc) is 2.83. The maximum absolute atomic E-state index is 12.6. The number of nitro benzene ring substituents is 1. The van der Waals surface area contributed by atoms with Gasteiger partial charge in [0.15, 0.2) is 0 Å². The Bertz CT molecular complexity index is 627. The Morgan fingerprint density at radius 2 is 1.86 bits per heavy atom. The van der Waals surface area contributed by atoms with Crippen molar-refractivity contribution in [3.63, 3.8) is 0 Å². The van der Waals surface area contributed by atoms with Crippen LogP contribution in [0.5, 0.6) is 0 Å². The van der Waals surface area contributed by atoms with E-state index in [0.29, 0.717) is 26.3 Å². The summed E-state index contributed by atoms with van der Waals surface area (Å²) < 4.78 is 5.24. The van der Waals surface area contributed by atoms with E-state index in [1.165, 1.54) is 18.2 Å². The monoisotopic (exact) mass is 305 g/mol. The second-order valence-electron chi connectivity index (χ2n) is 5.18. The number of imide groups is 1. The third-order valence-electron chi connectivity index (χ3n) is 3.93. The summed E-state index contributed by atoms with van der Waals surface area (Å²) in [4.78, 5) is 38.2. The number of hydrogen-bond acceptors (Lipinski definition) is 6. The van der Waals surface area contributed by atoms with E-state index >= 15 is 0 Å². The first kappa shape index (κ1) is 14.6. The highest BCUT2D eigenvalue weighted by atomic mass is 16.6. The van der Waals surface area contributed by atoms with Crippen LogP contribution in [0.2, 0.25) is 0 Å². The number of anilines is 1. The summed E-state index contributed by atoms with van der Waals surface area (Å²) >= 11 is 0. The molecule has 0 spiro atoms. The number of nitrogens with zero attached hydrogens (tertiary/aromatic N) is 3. The molecule has 2 saturated heterocycles. The fourth-order valence-electron chi connectivity index (χ4n) is 2.85. The smallest absolute Gasteiger partial charge is 0.293 e. The van der Waals surface area contributed by atoms with Gasteiger partial charge in [0.25, 0.3) is 11.6 Å². The summed E-state index contributed by atoms with van der Waals surface area (Å²) in [6, 6.07) is 5.24. The van der Waals surface area contributed by atoms with E-state index in [9.17, 15) is 19.7 Å². The van der Waals surface area contributed by atoms with E-state index in [1.807, 2.05) is 4.90 Å². The minimum atomic E-state index is -0.585. The molecule has 2 aliphatic heterocycles. The van der Waals surface area contributed by atoms with E-state index in [2.05, 4.69) is 0 Å². The Morgan fingerprint density at radius 3 is 2.55 bits per heavy atom. The molecule has 0 radical (unpaired) electrons. The standard InChI is InChI=1S/C14H15N3O5/c18-13-9-12(15-5-7-22-8-6-15)14(19)16(13)10-3-1-2-4-11(10)17(20)21/h1-4,12H,5-9H2/t12-/m1/s1. The molecule has 1 atom stereocenters. The minimum absolute atomic E-state index is 0.0401. The van der Waals surface area contributed by atoms with E-state index in [1.54, 1.807) is 6.07 Å². The van der Waals surface area contributed by atoms with Crippen LogP contribution in [0.4, 0.5) is 11.4 Å². The largest absolute Gasteiger partial charge is 0.379 e. The number of nitro groups is 1. The van der Waals surface area contributed by atoms with Crippen LogP contribution >= 0.6 is 0 Å². The van der Waals surface area contributed by atoms with Crippen LogP contribution < -0.4 is 4.90 Å². The molecular weight excluding hydrogens is 290 g/mol. The summed E-state index contributed by atoms with van der Waals surface area (Å²) in [6.07, 6.45) is 0.0465. The normalized spacial score (nSPS) is 23.1. The second-order valence-corrected chi connectivity index (χ2v) is 5.18. The maximum atomic E-state index is 12.6. The summed E-state index contributed by atoms with van der Waals surface area (Å²) in [6.45, 7) is 2.19. The van der Waals surface area contributed by atoms with Crippen LogP contribution in [0, 0.1) is 10.1 Å². The molecule has 116 valence electrons. The number of hydrogen-bond donors (Lipinski definition) is 0. The number of carbonyl (C=O) groups excluding carboxylic acids is 2. The van der Waals surface area contributed by atoms with Crippen molar-refractivity contribution < 1.29 is 19.2 Å². The van der Waals surface area contributed by atoms with Gasteiger partial charge >= 0.3 is 0 Å². The lowest BCUT2D eigenvalue weighted by atomic mass is 10.2. The van der Waals surface area contributed by atoms with Crippen molar-refractivity contribution in [3.05, 3.63) is 34.4 Å². The summed E-state index contributed by atoms with van der Waals surface area (Å²) in [5, 5.41) is 11.1. The first-order valence-corrected chi connectivity index (χ1v) is 7.01. The molecule has 0 bridgehead atoms. The number of ether oxygens (including phenoxy) is 1. The van der Waals surface area contributed by atoms with Gasteiger partial charge in [-0.3, -0.25) is 24.6 Å². The predicted molar refractivity (Wildman–Crippen MR) is 76.4 cm³/mol. The van der Waals surface area contributed by atoms with Crippen LogP contribution in [0.3, 0.4) is 0 Å². The number of para-hydroxylation sites is 2. The third-order valence-corrected chi connectivity index (χ3v) is 3.93. The summed E-state index contributed by atoms with van der Waals surface area (Å²) in [5.41, 5.74) is -0.204. The van der Waals surface area contributed by atoms with Crippen molar-refractivity contribution in [2.24, 2.45) is 0 Å². The molecule has 2 aliphatic rings. The van der Waals surface area contributed by atoms with Gasteiger partial charge in [-0.1, -0.05) is 12.1 Å². The molecule has 2 amide bonds. The SMILES string of the molecule is O=C1C[C@@H](N2CCOCC2)C(=O)N1c1ccccc1[N+](=O)[O-]. The Labute approximate surface area is 126 Å². The van der Waals surface area contributed by atoms with Crippen LogP contribution in [-0.4, -0.2) is 54.0 Å². The molecule has 0 unspecified atom stereocenters. The third kappa shape index (κ3) is 2.46. The van der Waals surface area contributed by atoms with Crippen LogP contribution in [0.25, 0.3) is 0 Å². The minimum Gasteiger partial charge on any atom is -0.379 e. The Morgan fingerprint density at radius 1 is 1.18 bits per heavy atom. The molecule has 1 aromatic carbocycles. The van der Waals surface area contributed by atoms with E-state index in [4.69, 9.17) is 4.74 Å². The predicted octanol–water partition coefficient (Wildman–Crippen LogP) is 0.559. The van der Waals surface area contributed by atoms with Gasteiger partial charge < -0.3 is 4.74 Å². The van der Waals surface area contributed by atoms with Crippen molar-refractivity contribution in [1.29, 1.82) is 0 Å². The molecule has 3 rings (SSSR count). The van der Waals surface area contributed by atoms with Crippen molar-refractivity contribution in [2.75, 3.05) is 31.2 Å². The first-order chi connectivity index (χ1) is 10.6. The van der Waals surface area contributed by atoms with Crippen LogP contribution in [-0.2, 0) is 14.3 Å². The van der Waals surface area contributed by atoms with Gasteiger partial charge in [0.1, 0.15) is 5.69 Å². The molecule has 0 saturated carbocycles. The Hall–Kier alpha value is -2.32. The molecule has 0 N–H and O–H groups in total. The molecule has 1 aromatic rings. The number of amides is 2. The van der Waals surface area contributed by atoms with E-state index < -0.39 is 22.8 Å². The molecule has 8 heteroatoms. The lowest BCUT2D eigenvalue weighted by Gasteiger charge is -2.30. The van der Waals surface area contributed by atoms with Gasteiger partial charge in [-0.2, -0.15) is 0 Å². The molecule has 2 fully saturated rings. The first-order valence-electron chi connectivity index (χ1n) is 7.01.